The SMILES string of the molecule is [Cu+2].[Cu+2].[Ga+3].[Ga+3].[O-2].[O-2].[O-2].[O-2].[O-2].[O-2].[O-2].[Zn+2].[Zn+2]. The van der Waals surface area contributed by atoms with Crippen molar-refractivity contribution in [3.63, 3.8) is 0 Å². The molecule has 0 saturated heterocycles. The van der Waals surface area contributed by atoms with Gasteiger partial charge in [-0.2, -0.15) is 0 Å². The van der Waals surface area contributed by atoms with Crippen LogP contribution in [0.1, 0.15) is 0 Å². The quantitative estimate of drug-likeness (QED) is 0.339. The molecule has 0 aliphatic rings. The average molecular weight is 509 g/mol. The summed E-state index contributed by atoms with van der Waals surface area (Å²) in [6, 6.07) is 0. The van der Waals surface area contributed by atoms with Gasteiger partial charge < -0.3 is 38.3 Å². The molecule has 13 heavy (non-hydrogen) atoms. The topological polar surface area (TPSA) is 200 Å². The van der Waals surface area contributed by atoms with E-state index < -0.39 is 0 Å². The van der Waals surface area contributed by atoms with Gasteiger partial charge in [0.2, 0.25) is 0 Å². The molecule has 0 atom stereocenters. The third-order valence-electron chi connectivity index (χ3n) is 0. The van der Waals surface area contributed by atoms with Crippen LogP contribution in [0.15, 0.2) is 0 Å². The molecule has 0 aromatic heterocycles. The number of rotatable bonds is 0. The van der Waals surface area contributed by atoms with E-state index in [9.17, 15) is 0 Å². The minimum atomic E-state index is 0. The van der Waals surface area contributed by atoms with Crippen LogP contribution in [0.3, 0.4) is 0 Å². The third-order valence-corrected chi connectivity index (χ3v) is 0. The molecule has 7 nitrogen and oxygen atoms in total. The smallest absolute Gasteiger partial charge is 2.00 e. The van der Waals surface area contributed by atoms with Crippen molar-refractivity contribution in [2.75, 3.05) is 0 Å². The molecule has 0 spiro atoms. The van der Waals surface area contributed by atoms with E-state index in [4.69, 9.17) is 0 Å². The van der Waals surface area contributed by atoms with Crippen LogP contribution in [-0.2, 0) is 111 Å². The first-order chi connectivity index (χ1) is 0. The zero-order valence-corrected chi connectivity index (χ0v) is 18.7. The van der Waals surface area contributed by atoms with Crippen molar-refractivity contribution in [3.05, 3.63) is 0 Å². The van der Waals surface area contributed by atoms with Gasteiger partial charge in [-0.15, -0.1) is 0 Å². The van der Waals surface area contributed by atoms with Crippen LogP contribution in [0.25, 0.3) is 0 Å². The zero-order valence-electron chi connectivity index (χ0n) is 6.03. The number of hydrogen-bond donors (Lipinski definition) is 0. The van der Waals surface area contributed by atoms with Crippen molar-refractivity contribution in [1.82, 2.24) is 0 Å². The molecule has 0 heterocycles. The van der Waals surface area contributed by atoms with Gasteiger partial charge in [-0.3, -0.25) is 0 Å². The predicted molar refractivity (Wildman–Crippen MR) is 16.3 cm³/mol. The van der Waals surface area contributed by atoms with Gasteiger partial charge in [0.05, 0.1) is 0 Å². The Kier molecular flexibility index (Phi) is 7880. The van der Waals surface area contributed by atoms with Crippen molar-refractivity contribution >= 4 is 39.6 Å². The van der Waals surface area contributed by atoms with Gasteiger partial charge in [-0.05, 0) is 0 Å². The standard InChI is InChI=1S/2Cu.2Ga.7O.2Zn/q2*+2;2*+3;7*-2;2*+2. The minimum absolute atomic E-state index is 0. The Labute approximate surface area is 149 Å². The fourth-order valence-corrected chi connectivity index (χ4v) is 0. The summed E-state index contributed by atoms with van der Waals surface area (Å²) >= 11 is 0. The van der Waals surface area contributed by atoms with E-state index in [1.165, 1.54) is 0 Å². The molecule has 2 radical (unpaired) electrons. The van der Waals surface area contributed by atoms with Gasteiger partial charge in [0, 0.05) is 0 Å². The predicted octanol–water partition coefficient (Wildman–Crippen LogP) is -1.60. The third kappa shape index (κ3) is 251. The summed E-state index contributed by atoms with van der Waals surface area (Å²) in [6.45, 7) is 0. The van der Waals surface area contributed by atoms with Crippen LogP contribution in [0.5, 0.6) is 0 Å². The van der Waals surface area contributed by atoms with Gasteiger partial charge in [0.1, 0.15) is 0 Å². The molecular formula is Cu2Ga2O7Zn2. The first kappa shape index (κ1) is 354. The molecule has 13 heteroatoms. The minimum Gasteiger partial charge on any atom is -2.00 e. The summed E-state index contributed by atoms with van der Waals surface area (Å²) in [4.78, 5) is 0. The van der Waals surface area contributed by atoms with E-state index in [1.807, 2.05) is 0 Å². The van der Waals surface area contributed by atoms with Crippen LogP contribution >= 0.6 is 0 Å². The summed E-state index contributed by atoms with van der Waals surface area (Å²) < 4.78 is 0. The van der Waals surface area contributed by atoms with Gasteiger partial charge in [0.25, 0.3) is 0 Å². The molecule has 0 aromatic carbocycles. The van der Waals surface area contributed by atoms with Gasteiger partial charge in [-0.25, -0.2) is 0 Å². The number of hydrogen-bond acceptors (Lipinski definition) is 0. The van der Waals surface area contributed by atoms with Crippen LogP contribution in [0.4, 0.5) is 0 Å². The monoisotopic (exact) mass is 504 g/mol. The Morgan fingerprint density at radius 2 is 0.308 bits per heavy atom. The van der Waals surface area contributed by atoms with E-state index in [1.54, 1.807) is 0 Å². The van der Waals surface area contributed by atoms with Crippen LogP contribution in [0, 0.1) is 0 Å². The molecular weight excluding hydrogens is 509 g/mol. The molecule has 0 aliphatic carbocycles. The van der Waals surface area contributed by atoms with Crippen molar-refractivity contribution in [2.24, 2.45) is 0 Å². The maximum atomic E-state index is 0. The average Bonchev–Trinajstić information content (AvgIpc) is 0. The Bertz CT molecular complexity index is 22.5. The fraction of sp³-hybridized carbons (Fsp3) is 0. The fourth-order valence-electron chi connectivity index (χ4n) is 0. The first-order valence-corrected chi connectivity index (χ1v) is 0. The summed E-state index contributed by atoms with van der Waals surface area (Å²) in [5.41, 5.74) is 0. The van der Waals surface area contributed by atoms with E-state index in [0.29, 0.717) is 0 Å². The van der Waals surface area contributed by atoms with Crippen molar-refractivity contribution in [1.29, 1.82) is 0 Å². The normalized spacial score (nSPS) is 0. The Balaban J connectivity index is 0. The summed E-state index contributed by atoms with van der Waals surface area (Å²) in [7, 11) is 0. The second-order valence-electron chi connectivity index (χ2n) is 0. The maximum absolute atomic E-state index is 0. The zero-order chi connectivity index (χ0) is 0. The van der Waals surface area contributed by atoms with Crippen molar-refractivity contribution in [2.45, 2.75) is 0 Å². The Morgan fingerprint density at radius 1 is 0.308 bits per heavy atom. The van der Waals surface area contributed by atoms with Crippen LogP contribution in [-0.4, -0.2) is 39.6 Å². The maximum Gasteiger partial charge on any atom is 3.00 e. The second-order valence-corrected chi connectivity index (χ2v) is 0. The molecule has 0 unspecified atom stereocenters. The molecule has 0 aliphatic heterocycles. The molecule has 0 fully saturated rings. The molecule has 74 valence electrons. The first-order valence-electron chi connectivity index (χ1n) is 0. The molecule has 0 N–H and O–H groups in total. The van der Waals surface area contributed by atoms with E-state index in [2.05, 4.69) is 0 Å². The van der Waals surface area contributed by atoms with E-state index in [-0.39, 0.29) is 151 Å². The summed E-state index contributed by atoms with van der Waals surface area (Å²) in [6.07, 6.45) is 0. The Hall–Kier alpha value is 3.28. The van der Waals surface area contributed by atoms with Crippen LogP contribution < -0.4 is 0 Å². The van der Waals surface area contributed by atoms with Crippen molar-refractivity contribution in [3.8, 4) is 0 Å². The van der Waals surface area contributed by atoms with Crippen LogP contribution in [0.2, 0.25) is 0 Å². The molecule has 0 rings (SSSR count). The van der Waals surface area contributed by atoms with Gasteiger partial charge >= 0.3 is 113 Å². The molecule has 0 saturated carbocycles. The molecule has 0 amide bonds. The molecule has 0 bridgehead atoms. The second kappa shape index (κ2) is 290. The Morgan fingerprint density at radius 3 is 0.308 bits per heavy atom. The summed E-state index contributed by atoms with van der Waals surface area (Å²) in [5, 5.41) is 0. The molecule has 0 aromatic rings. The van der Waals surface area contributed by atoms with Crippen molar-refractivity contribution < 1.29 is 111 Å². The largest absolute Gasteiger partial charge is 3.00 e. The van der Waals surface area contributed by atoms with Gasteiger partial charge in [0.15, 0.2) is 0 Å². The van der Waals surface area contributed by atoms with E-state index in [0.717, 1.165) is 0 Å². The summed E-state index contributed by atoms with van der Waals surface area (Å²) in [5.74, 6) is 0. The van der Waals surface area contributed by atoms with E-state index >= 15 is 0 Å². The van der Waals surface area contributed by atoms with Gasteiger partial charge in [-0.1, -0.05) is 0 Å².